The summed E-state index contributed by atoms with van der Waals surface area (Å²) in [6.45, 7) is 0. The third-order valence-electron chi connectivity index (χ3n) is 19.8. The van der Waals surface area contributed by atoms with E-state index in [1.807, 2.05) is 6.07 Å². The fraction of sp³-hybridized carbons (Fsp3) is 0.368. The van der Waals surface area contributed by atoms with E-state index >= 15 is 0 Å². The molecule has 0 saturated heterocycles. The van der Waals surface area contributed by atoms with Crippen LogP contribution in [0.4, 0.5) is 0 Å². The molecule has 0 amide bonds. The van der Waals surface area contributed by atoms with E-state index in [-0.39, 0.29) is 92.7 Å². The normalized spacial score (nSPS) is 20.1. The van der Waals surface area contributed by atoms with Crippen molar-refractivity contribution in [1.82, 2.24) is 0 Å². The zero-order valence-electron chi connectivity index (χ0n) is 51.3. The molecule has 92 heavy (non-hydrogen) atoms. The molecule has 16 nitrogen and oxygen atoms in total. The maximum atomic E-state index is 13.3. The number of aromatic hydroxyl groups is 12. The Balaban J connectivity index is 1.22. The van der Waals surface area contributed by atoms with E-state index in [2.05, 4.69) is 0 Å². The van der Waals surface area contributed by atoms with Gasteiger partial charge in [-0.15, -0.1) is 0 Å². The third kappa shape index (κ3) is 12.4. The van der Waals surface area contributed by atoms with Crippen molar-refractivity contribution in [2.75, 3.05) is 0 Å². The van der Waals surface area contributed by atoms with Gasteiger partial charge in [-0.1, -0.05) is 49.9 Å². The Morgan fingerprint density at radius 1 is 0.196 bits per heavy atom. The Morgan fingerprint density at radius 2 is 0.391 bits per heavy atom. The molecule has 4 unspecified atom stereocenters. The molecule has 16 heteroatoms. The van der Waals surface area contributed by atoms with Crippen LogP contribution in [0.25, 0.3) is 0 Å². The van der Waals surface area contributed by atoms with Gasteiger partial charge in [-0.25, -0.2) is 0 Å². The second-order valence-corrected chi connectivity index (χ2v) is 26.0. The van der Waals surface area contributed by atoms with E-state index in [1.54, 1.807) is 48.5 Å². The van der Waals surface area contributed by atoms with Gasteiger partial charge in [0.15, 0.2) is 46.0 Å². The number of fused-ring (bicyclic) bond motifs is 8. The summed E-state index contributed by atoms with van der Waals surface area (Å²) in [4.78, 5) is 0. The van der Waals surface area contributed by atoms with Crippen LogP contribution in [-0.4, -0.2) is 85.7 Å². The van der Waals surface area contributed by atoms with Gasteiger partial charge in [-0.2, -0.15) is 0 Å². The molecule has 5 aliphatic rings. The quantitative estimate of drug-likeness (QED) is 0.0507. The molecule has 0 aromatic heterocycles. The molecule has 13 rings (SSSR count). The number of hydrogen-bond acceptors (Lipinski definition) is 16. The SMILES string of the molecule is Oc1ccc(C2c3cc(c(OC4CCCCC4)cc3O)C(c3ccc(O)c(O)c3)c3cc(c(OC4CCCCC4)cc3O)C(c3ccc(O)c(O)c3)c3cc(c(OC4CCCCC4)cc3O)C(c3ccc(O)c(O)c3)c3cc2c(O)cc3OC2CCCCC2)cc1O. The summed E-state index contributed by atoms with van der Waals surface area (Å²) in [6.07, 6.45) is 15.4. The molecule has 5 aliphatic carbocycles. The van der Waals surface area contributed by atoms with E-state index in [0.717, 1.165) is 77.0 Å². The van der Waals surface area contributed by atoms with Crippen molar-refractivity contribution in [2.24, 2.45) is 0 Å². The first-order valence-corrected chi connectivity index (χ1v) is 32.7. The molecule has 8 bridgehead atoms. The van der Waals surface area contributed by atoms with E-state index in [9.17, 15) is 61.3 Å². The molecule has 4 atom stereocenters. The Bertz CT molecular complexity index is 4020. The van der Waals surface area contributed by atoms with Crippen LogP contribution < -0.4 is 18.9 Å². The first-order valence-electron chi connectivity index (χ1n) is 32.7. The van der Waals surface area contributed by atoms with Crippen molar-refractivity contribution in [3.63, 3.8) is 0 Å². The molecule has 0 radical (unpaired) electrons. The zero-order chi connectivity index (χ0) is 63.9. The lowest BCUT2D eigenvalue weighted by molar-refractivity contribution is 0.151. The van der Waals surface area contributed by atoms with Gasteiger partial charge < -0.3 is 80.2 Å². The molecule has 0 heterocycles. The minimum Gasteiger partial charge on any atom is -0.507 e. The Morgan fingerprint density at radius 3 is 0.598 bits per heavy atom. The average molecular weight is 1250 g/mol. The van der Waals surface area contributed by atoms with Crippen molar-refractivity contribution in [1.29, 1.82) is 0 Å². The van der Waals surface area contributed by atoms with E-state index in [0.29, 0.717) is 95.9 Å². The molecule has 8 aromatic rings. The second kappa shape index (κ2) is 26.0. The topological polar surface area (TPSA) is 280 Å². The highest BCUT2D eigenvalue weighted by Gasteiger charge is 2.39. The van der Waals surface area contributed by atoms with Crippen molar-refractivity contribution in [3.05, 3.63) is 188 Å². The van der Waals surface area contributed by atoms with E-state index in [1.165, 1.54) is 66.7 Å². The summed E-state index contributed by atoms with van der Waals surface area (Å²) in [6, 6.07) is 30.7. The molecule has 480 valence electrons. The van der Waals surface area contributed by atoms with E-state index < -0.39 is 69.7 Å². The molecule has 12 N–H and O–H groups in total. The van der Waals surface area contributed by atoms with Gasteiger partial charge in [0, 0.05) is 92.4 Å². The maximum Gasteiger partial charge on any atom is 0.157 e. The molecule has 4 saturated carbocycles. The van der Waals surface area contributed by atoms with Gasteiger partial charge in [0.1, 0.15) is 46.0 Å². The van der Waals surface area contributed by atoms with Crippen LogP contribution >= 0.6 is 0 Å². The van der Waals surface area contributed by atoms with Crippen LogP contribution in [0.5, 0.6) is 92.0 Å². The third-order valence-corrected chi connectivity index (χ3v) is 19.8. The van der Waals surface area contributed by atoms with Crippen molar-refractivity contribution >= 4 is 0 Å². The summed E-state index contributed by atoms with van der Waals surface area (Å²) in [5.74, 6) is -8.33. The lowest BCUT2D eigenvalue weighted by atomic mass is 9.75. The maximum absolute atomic E-state index is 13.3. The molecule has 0 spiro atoms. The van der Waals surface area contributed by atoms with Crippen molar-refractivity contribution in [3.8, 4) is 92.0 Å². The van der Waals surface area contributed by atoms with Crippen LogP contribution in [0.15, 0.2) is 121 Å². The number of phenolic OH excluding ortho intramolecular Hbond substituents is 12. The summed E-state index contributed by atoms with van der Waals surface area (Å²) < 4.78 is 28.6. The summed E-state index contributed by atoms with van der Waals surface area (Å²) in [5.41, 5.74) is 3.77. The van der Waals surface area contributed by atoms with Crippen molar-refractivity contribution in [2.45, 2.75) is 177 Å². The van der Waals surface area contributed by atoms with Gasteiger partial charge in [0.25, 0.3) is 0 Å². The van der Waals surface area contributed by atoms with Gasteiger partial charge in [-0.05, 0) is 198 Å². The van der Waals surface area contributed by atoms with Gasteiger partial charge >= 0.3 is 0 Å². The summed E-state index contributed by atoms with van der Waals surface area (Å²) in [5, 5.41) is 143. The second-order valence-electron chi connectivity index (χ2n) is 26.0. The smallest absolute Gasteiger partial charge is 0.157 e. The Labute approximate surface area is 534 Å². The highest BCUT2D eigenvalue weighted by Crippen LogP contribution is 2.57. The van der Waals surface area contributed by atoms with Crippen molar-refractivity contribution < 1.29 is 80.2 Å². The average Bonchev–Trinajstić information content (AvgIpc) is 0.743. The van der Waals surface area contributed by atoms with Gasteiger partial charge in [0.05, 0.1) is 24.4 Å². The Hall–Kier alpha value is -9.44. The fourth-order valence-electron chi connectivity index (χ4n) is 15.1. The molecular formula is C76H80O16. The Kier molecular flexibility index (Phi) is 17.4. The summed E-state index contributed by atoms with van der Waals surface area (Å²) in [7, 11) is 0. The molecule has 4 fully saturated rings. The van der Waals surface area contributed by atoms with Gasteiger partial charge in [-0.3, -0.25) is 0 Å². The predicted molar refractivity (Wildman–Crippen MR) is 345 cm³/mol. The number of rotatable bonds is 12. The van der Waals surface area contributed by atoms with Crippen LogP contribution in [0.2, 0.25) is 0 Å². The lowest BCUT2D eigenvalue weighted by Crippen LogP contribution is -2.23. The lowest BCUT2D eigenvalue weighted by Gasteiger charge is -2.33. The largest absolute Gasteiger partial charge is 0.507 e. The van der Waals surface area contributed by atoms with Crippen LogP contribution in [0.1, 0.15) is 219 Å². The minimum absolute atomic E-state index is 0.157. The number of benzene rings is 8. The standard InChI is InChI=1S/C76H80O16/c77-57-25-21-41(29-65(57)85)73-49-33-53(69(37-61(49)81)89-45-13-5-1-6-14-45)74(42-22-26-58(78)66(86)30-42)51-35-54(70(39-63(51)83)90-46-15-7-2-8-16-46)75(43-23-27-59(79)67(87)31-43)52-36-56(72(40-64(52)84)92-48-19-11-4-12-20-48)76(44-24-28-60(80)68(88)32-44)55-34-50(73)62(82)38-71(55)91-47-17-9-3-10-18-47/h21-40,45-48,73-88H,1-20H2. The van der Waals surface area contributed by atoms with Gasteiger partial charge in [0.2, 0.25) is 0 Å². The summed E-state index contributed by atoms with van der Waals surface area (Å²) >= 11 is 0. The predicted octanol–water partition coefficient (Wildman–Crippen LogP) is 16.0. The fourth-order valence-corrected chi connectivity index (χ4v) is 15.1. The number of hydrogen-bond donors (Lipinski definition) is 12. The van der Waals surface area contributed by atoms with E-state index in [4.69, 9.17) is 18.9 Å². The highest BCUT2D eigenvalue weighted by molar-refractivity contribution is 5.69. The first kappa shape index (κ1) is 61.4. The highest BCUT2D eigenvalue weighted by atomic mass is 16.5. The van der Waals surface area contributed by atoms with Crippen LogP contribution in [0.3, 0.4) is 0 Å². The molecular weight excluding hydrogens is 1170 g/mol. The van der Waals surface area contributed by atoms with Crippen LogP contribution in [-0.2, 0) is 0 Å². The first-order chi connectivity index (χ1) is 44.5. The van der Waals surface area contributed by atoms with Crippen LogP contribution in [0, 0.1) is 0 Å². The number of phenols is 12. The number of ether oxygens (including phenoxy) is 4. The minimum atomic E-state index is -1.24. The zero-order valence-corrected chi connectivity index (χ0v) is 51.3. The molecule has 8 aromatic carbocycles. The molecule has 0 aliphatic heterocycles. The monoisotopic (exact) mass is 1250 g/mol.